The normalized spacial score (nSPS) is 12.9. The Kier molecular flexibility index (Phi) is 6.50. The summed E-state index contributed by atoms with van der Waals surface area (Å²) in [7, 11) is 1.60. The van der Waals surface area contributed by atoms with E-state index in [1.807, 2.05) is 12.1 Å². The number of nitrogens with two attached hydrogens (primary N) is 1. The summed E-state index contributed by atoms with van der Waals surface area (Å²) in [5.41, 5.74) is 9.80. The van der Waals surface area contributed by atoms with E-state index >= 15 is 0 Å². The Balaban J connectivity index is 1.42. The molecule has 0 radical (unpaired) electrons. The molecule has 2 aromatic carbocycles. The van der Waals surface area contributed by atoms with Gasteiger partial charge < -0.3 is 26.0 Å². The number of rotatable bonds is 5. The van der Waals surface area contributed by atoms with Gasteiger partial charge in [-0.3, -0.25) is 4.79 Å². The molecular weight excluding hydrogens is 438 g/mol. The minimum atomic E-state index is -0.295. The number of thiazole rings is 1. The van der Waals surface area contributed by atoms with E-state index in [0.29, 0.717) is 47.5 Å². The molecule has 0 saturated carbocycles. The van der Waals surface area contributed by atoms with Crippen LogP contribution >= 0.6 is 11.3 Å². The van der Waals surface area contributed by atoms with Gasteiger partial charge in [0.15, 0.2) is 5.01 Å². The molecule has 2 heterocycles. The first-order valence-corrected chi connectivity index (χ1v) is 11.5. The van der Waals surface area contributed by atoms with Crippen molar-refractivity contribution in [3.8, 4) is 5.75 Å². The number of nitrogens with one attached hydrogen (secondary N) is 2. The lowest BCUT2D eigenvalue weighted by atomic mass is 10.0. The molecule has 3 aromatic rings. The Morgan fingerprint density at radius 2 is 1.91 bits per heavy atom. The number of methoxy groups -OCH3 is 1. The predicted molar refractivity (Wildman–Crippen MR) is 131 cm³/mol. The van der Waals surface area contributed by atoms with Gasteiger partial charge >= 0.3 is 6.03 Å². The minimum absolute atomic E-state index is 0.191. The number of fused-ring (bicyclic) bond motifs is 1. The van der Waals surface area contributed by atoms with E-state index in [0.717, 1.165) is 21.9 Å². The van der Waals surface area contributed by atoms with Gasteiger partial charge in [0, 0.05) is 23.5 Å². The summed E-state index contributed by atoms with van der Waals surface area (Å²) in [6.45, 7) is 5.11. The van der Waals surface area contributed by atoms with Gasteiger partial charge in [-0.15, -0.1) is 11.3 Å². The van der Waals surface area contributed by atoms with Gasteiger partial charge in [0.05, 0.1) is 30.7 Å². The monoisotopic (exact) mass is 465 g/mol. The third kappa shape index (κ3) is 5.09. The smallest absolute Gasteiger partial charge is 0.322 e. The number of benzene rings is 2. The molecule has 1 aromatic heterocycles. The Morgan fingerprint density at radius 3 is 2.61 bits per heavy atom. The molecule has 0 saturated heterocycles. The largest absolute Gasteiger partial charge is 0.497 e. The molecule has 0 spiro atoms. The number of hydrogen-bond acceptors (Lipinski definition) is 6. The van der Waals surface area contributed by atoms with E-state index in [1.54, 1.807) is 42.3 Å². The van der Waals surface area contributed by atoms with Crippen molar-refractivity contribution in [2.45, 2.75) is 32.7 Å². The summed E-state index contributed by atoms with van der Waals surface area (Å²) in [5.74, 6) is 0.753. The van der Waals surface area contributed by atoms with Gasteiger partial charge in [-0.05, 0) is 47.9 Å². The second-order valence-electron chi connectivity index (χ2n) is 8.17. The Hall–Kier alpha value is -3.59. The molecule has 0 atom stereocenters. The standard InChI is InChI=1S/C24H27N5O3S/c1-14(2)15-4-9-18(25)20(12-15)27-22(30)23-28-19-10-11-29(13-21(19)33-23)24(31)26-16-5-7-17(32-3)8-6-16/h4-9,12,14H,10-11,13,25H2,1-3H3,(H,26,31)(H,27,30). The topological polar surface area (TPSA) is 110 Å². The van der Waals surface area contributed by atoms with Crippen LogP contribution in [0.4, 0.5) is 21.9 Å². The van der Waals surface area contributed by atoms with Crippen LogP contribution in [-0.4, -0.2) is 35.5 Å². The first-order chi connectivity index (χ1) is 15.8. The minimum Gasteiger partial charge on any atom is -0.497 e. The molecule has 0 aliphatic carbocycles. The summed E-state index contributed by atoms with van der Waals surface area (Å²) in [6, 6.07) is 12.6. The molecule has 0 bridgehead atoms. The van der Waals surface area contributed by atoms with E-state index in [9.17, 15) is 9.59 Å². The van der Waals surface area contributed by atoms with E-state index in [2.05, 4.69) is 29.5 Å². The van der Waals surface area contributed by atoms with Crippen molar-refractivity contribution >= 4 is 40.3 Å². The average Bonchev–Trinajstić information content (AvgIpc) is 3.24. The zero-order valence-corrected chi connectivity index (χ0v) is 19.7. The summed E-state index contributed by atoms with van der Waals surface area (Å²) < 4.78 is 5.14. The maximum Gasteiger partial charge on any atom is 0.322 e. The Morgan fingerprint density at radius 1 is 1.15 bits per heavy atom. The number of nitrogen functional groups attached to an aromatic ring is 1. The van der Waals surface area contributed by atoms with Crippen LogP contribution in [0.25, 0.3) is 0 Å². The van der Waals surface area contributed by atoms with Crippen molar-refractivity contribution in [1.29, 1.82) is 0 Å². The van der Waals surface area contributed by atoms with Crippen molar-refractivity contribution in [2.75, 3.05) is 30.0 Å². The first-order valence-electron chi connectivity index (χ1n) is 10.7. The SMILES string of the molecule is COc1ccc(NC(=O)N2CCc3nc(C(=O)Nc4cc(C(C)C)ccc4N)sc3C2)cc1. The highest BCUT2D eigenvalue weighted by molar-refractivity contribution is 7.13. The molecule has 8 nitrogen and oxygen atoms in total. The van der Waals surface area contributed by atoms with Crippen LogP contribution in [0, 0.1) is 0 Å². The maximum absolute atomic E-state index is 12.9. The highest BCUT2D eigenvalue weighted by Gasteiger charge is 2.26. The average molecular weight is 466 g/mol. The summed E-state index contributed by atoms with van der Waals surface area (Å²) in [4.78, 5) is 32.7. The van der Waals surface area contributed by atoms with Crippen molar-refractivity contribution in [3.63, 3.8) is 0 Å². The van der Waals surface area contributed by atoms with Gasteiger partial charge in [-0.1, -0.05) is 19.9 Å². The molecule has 33 heavy (non-hydrogen) atoms. The lowest BCUT2D eigenvalue weighted by molar-refractivity contribution is 0.102. The zero-order valence-electron chi connectivity index (χ0n) is 18.8. The fourth-order valence-corrected chi connectivity index (χ4v) is 4.58. The van der Waals surface area contributed by atoms with Crippen LogP contribution in [0.1, 0.15) is 45.7 Å². The summed E-state index contributed by atoms with van der Waals surface area (Å²) >= 11 is 1.31. The van der Waals surface area contributed by atoms with Crippen molar-refractivity contribution < 1.29 is 14.3 Å². The predicted octanol–water partition coefficient (Wildman–Crippen LogP) is 4.70. The number of carbonyl (C=O) groups excluding carboxylic acids is 2. The Bertz CT molecular complexity index is 1170. The number of aromatic nitrogens is 1. The molecule has 172 valence electrons. The highest BCUT2D eigenvalue weighted by atomic mass is 32.1. The van der Waals surface area contributed by atoms with E-state index in [-0.39, 0.29) is 11.9 Å². The van der Waals surface area contributed by atoms with Crippen LogP contribution in [0.5, 0.6) is 5.75 Å². The van der Waals surface area contributed by atoms with Crippen molar-refractivity contribution in [3.05, 3.63) is 63.6 Å². The fourth-order valence-electron chi connectivity index (χ4n) is 3.56. The Labute approximate surface area is 196 Å². The van der Waals surface area contributed by atoms with E-state index in [4.69, 9.17) is 10.5 Å². The molecule has 1 aliphatic heterocycles. The van der Waals surface area contributed by atoms with Crippen LogP contribution < -0.4 is 21.1 Å². The number of ether oxygens (including phenoxy) is 1. The molecule has 0 fully saturated rings. The summed E-state index contributed by atoms with van der Waals surface area (Å²) in [6.07, 6.45) is 0.597. The van der Waals surface area contributed by atoms with Gasteiger partial charge in [-0.2, -0.15) is 0 Å². The van der Waals surface area contributed by atoms with Crippen molar-refractivity contribution in [2.24, 2.45) is 0 Å². The van der Waals surface area contributed by atoms with Gasteiger partial charge in [-0.25, -0.2) is 9.78 Å². The lowest BCUT2D eigenvalue weighted by Gasteiger charge is -2.26. The number of nitrogens with zero attached hydrogens (tertiary/aromatic N) is 2. The van der Waals surface area contributed by atoms with Crippen molar-refractivity contribution in [1.82, 2.24) is 9.88 Å². The first kappa shape index (κ1) is 22.6. The third-order valence-electron chi connectivity index (χ3n) is 5.55. The second kappa shape index (κ2) is 9.50. The lowest BCUT2D eigenvalue weighted by Crippen LogP contribution is -2.38. The number of urea groups is 1. The highest BCUT2D eigenvalue weighted by Crippen LogP contribution is 2.29. The van der Waals surface area contributed by atoms with Gasteiger partial charge in [0.25, 0.3) is 5.91 Å². The van der Waals surface area contributed by atoms with Crippen LogP contribution in [0.15, 0.2) is 42.5 Å². The van der Waals surface area contributed by atoms with Crippen LogP contribution in [0.2, 0.25) is 0 Å². The fraction of sp³-hybridized carbons (Fsp3) is 0.292. The molecular formula is C24H27N5O3S. The van der Waals surface area contributed by atoms with Crippen LogP contribution in [-0.2, 0) is 13.0 Å². The van der Waals surface area contributed by atoms with Gasteiger partial charge in [0.2, 0.25) is 0 Å². The number of anilines is 3. The quantitative estimate of drug-likeness (QED) is 0.473. The zero-order chi connectivity index (χ0) is 23.5. The van der Waals surface area contributed by atoms with Crippen LogP contribution in [0.3, 0.4) is 0 Å². The molecule has 1 aliphatic rings. The second-order valence-corrected chi connectivity index (χ2v) is 9.26. The maximum atomic E-state index is 12.9. The summed E-state index contributed by atoms with van der Waals surface area (Å²) in [5, 5.41) is 6.15. The van der Waals surface area contributed by atoms with E-state index in [1.165, 1.54) is 11.3 Å². The number of amides is 3. The van der Waals surface area contributed by atoms with Gasteiger partial charge in [0.1, 0.15) is 5.75 Å². The molecule has 4 N–H and O–H groups in total. The van der Waals surface area contributed by atoms with E-state index < -0.39 is 0 Å². The third-order valence-corrected chi connectivity index (χ3v) is 6.63. The molecule has 3 amide bonds. The molecule has 4 rings (SSSR count). The number of carbonyl (C=O) groups is 2. The number of hydrogen-bond donors (Lipinski definition) is 3. The molecule has 0 unspecified atom stereocenters. The molecule has 9 heteroatoms.